The van der Waals surface area contributed by atoms with Gasteiger partial charge in [-0.3, -0.25) is 9.71 Å². The van der Waals surface area contributed by atoms with Crippen LogP contribution in [0.4, 0.5) is 5.69 Å². The van der Waals surface area contributed by atoms with E-state index in [1.54, 1.807) is 42.7 Å². The minimum Gasteiger partial charge on any atom is -0.282 e. The van der Waals surface area contributed by atoms with Crippen LogP contribution in [0.1, 0.15) is 5.56 Å². The molecule has 2 rings (SSSR count). The summed E-state index contributed by atoms with van der Waals surface area (Å²) in [5, 5.41) is 0.393. The van der Waals surface area contributed by atoms with Crippen molar-refractivity contribution < 1.29 is 8.42 Å². The van der Waals surface area contributed by atoms with E-state index >= 15 is 0 Å². The molecule has 0 aliphatic carbocycles. The van der Waals surface area contributed by atoms with Gasteiger partial charge in [-0.25, -0.2) is 8.42 Å². The number of rotatable bonds is 5. The Morgan fingerprint density at radius 1 is 1.20 bits per heavy atom. The summed E-state index contributed by atoms with van der Waals surface area (Å²) in [6, 6.07) is 8.77. The van der Waals surface area contributed by atoms with E-state index in [2.05, 4.69) is 32.3 Å². The maximum absolute atomic E-state index is 12.0. The van der Waals surface area contributed by atoms with Gasteiger partial charge < -0.3 is 0 Å². The van der Waals surface area contributed by atoms with Crippen molar-refractivity contribution in [3.05, 3.63) is 56.9 Å². The van der Waals surface area contributed by atoms with E-state index in [0.29, 0.717) is 17.1 Å². The number of hydrogen-bond donors (Lipinski definition) is 1. The molecule has 0 atom stereocenters. The van der Waals surface area contributed by atoms with Crippen molar-refractivity contribution in [2.75, 3.05) is 10.5 Å². The second-order valence-corrected chi connectivity index (χ2v) is 7.65. The zero-order valence-electron chi connectivity index (χ0n) is 10.4. The van der Waals surface area contributed by atoms with E-state index in [0.717, 1.165) is 9.13 Å². The molecule has 0 amide bonds. The summed E-state index contributed by atoms with van der Waals surface area (Å²) in [4.78, 5) is 3.89. The summed E-state index contributed by atoms with van der Waals surface area (Å²) in [5.41, 5.74) is 1.33. The number of pyridine rings is 1. The van der Waals surface area contributed by atoms with Gasteiger partial charge in [-0.2, -0.15) is 0 Å². The minimum absolute atomic E-state index is 0.000666. The number of hydrogen-bond acceptors (Lipinski definition) is 3. The second-order valence-electron chi connectivity index (χ2n) is 4.15. The molecule has 0 fully saturated rings. The Bertz CT molecular complexity index is 693. The van der Waals surface area contributed by atoms with Crippen LogP contribution in [-0.2, 0) is 16.4 Å². The van der Waals surface area contributed by atoms with Crippen LogP contribution < -0.4 is 4.72 Å². The number of aryl methyl sites for hydroxylation is 1. The number of nitrogens with zero attached hydrogens (tertiary/aromatic N) is 1. The quantitative estimate of drug-likeness (QED) is 0.752. The highest BCUT2D eigenvalue weighted by Gasteiger charge is 2.12. The molecule has 1 N–H and O–H groups in total. The molecule has 0 saturated heterocycles. The first-order chi connectivity index (χ1) is 9.46. The van der Waals surface area contributed by atoms with Crippen LogP contribution in [-0.4, -0.2) is 19.2 Å². The number of aromatic nitrogens is 1. The van der Waals surface area contributed by atoms with Crippen LogP contribution in [0.5, 0.6) is 0 Å². The van der Waals surface area contributed by atoms with Gasteiger partial charge in [0.1, 0.15) is 0 Å². The zero-order chi connectivity index (χ0) is 14.6. The van der Waals surface area contributed by atoms with Gasteiger partial charge in [0.15, 0.2) is 0 Å². The standard InChI is InChI=1S/C13H12ClIN2O2S/c14-12-9-11(15)1-2-13(12)17-20(18,19)8-5-10-3-6-16-7-4-10/h1-4,6-7,9,17H,5,8H2. The molecule has 2 aromatic rings. The SMILES string of the molecule is O=S(=O)(CCc1ccncc1)Nc1ccc(I)cc1Cl. The highest BCUT2D eigenvalue weighted by atomic mass is 127. The van der Waals surface area contributed by atoms with Gasteiger partial charge in [-0.15, -0.1) is 0 Å². The molecule has 106 valence electrons. The summed E-state index contributed by atoms with van der Waals surface area (Å²) in [7, 11) is -3.43. The van der Waals surface area contributed by atoms with Crippen LogP contribution in [0.15, 0.2) is 42.7 Å². The van der Waals surface area contributed by atoms with Gasteiger partial charge in [-0.1, -0.05) is 11.6 Å². The molecule has 0 saturated carbocycles. The Balaban J connectivity index is 2.04. The highest BCUT2D eigenvalue weighted by Crippen LogP contribution is 2.24. The van der Waals surface area contributed by atoms with Gasteiger partial charge >= 0.3 is 0 Å². The summed E-state index contributed by atoms with van der Waals surface area (Å²) in [6.45, 7) is 0. The Morgan fingerprint density at radius 2 is 1.90 bits per heavy atom. The maximum atomic E-state index is 12.0. The molecule has 0 aliphatic heterocycles. The van der Waals surface area contributed by atoms with E-state index in [1.807, 2.05) is 0 Å². The van der Waals surface area contributed by atoms with E-state index in [1.165, 1.54) is 0 Å². The lowest BCUT2D eigenvalue weighted by molar-refractivity contribution is 0.600. The molecule has 4 nitrogen and oxygen atoms in total. The monoisotopic (exact) mass is 422 g/mol. The average Bonchev–Trinajstić information content (AvgIpc) is 2.41. The van der Waals surface area contributed by atoms with E-state index in [9.17, 15) is 8.42 Å². The number of nitrogens with one attached hydrogen (secondary N) is 1. The first-order valence-corrected chi connectivity index (χ1v) is 8.92. The first kappa shape index (κ1) is 15.5. The summed E-state index contributed by atoms with van der Waals surface area (Å²) in [6.07, 6.45) is 3.72. The van der Waals surface area contributed by atoms with E-state index < -0.39 is 10.0 Å². The Kier molecular flexibility index (Phi) is 5.22. The Labute approximate surface area is 136 Å². The van der Waals surface area contributed by atoms with Gasteiger partial charge in [0.25, 0.3) is 0 Å². The normalized spacial score (nSPS) is 11.3. The number of halogens is 2. The fraction of sp³-hybridized carbons (Fsp3) is 0.154. The summed E-state index contributed by atoms with van der Waals surface area (Å²) < 4.78 is 27.5. The number of anilines is 1. The van der Waals surface area contributed by atoms with Crippen molar-refractivity contribution in [1.82, 2.24) is 4.98 Å². The third kappa shape index (κ3) is 4.60. The lowest BCUT2D eigenvalue weighted by Crippen LogP contribution is -2.18. The first-order valence-electron chi connectivity index (χ1n) is 5.81. The molecule has 0 radical (unpaired) electrons. The zero-order valence-corrected chi connectivity index (χ0v) is 14.1. The molecule has 0 bridgehead atoms. The average molecular weight is 423 g/mol. The molecule has 1 aromatic heterocycles. The smallest absolute Gasteiger partial charge is 0.233 e. The Morgan fingerprint density at radius 3 is 2.55 bits per heavy atom. The molecule has 1 aromatic carbocycles. The summed E-state index contributed by atoms with van der Waals surface area (Å²) in [5.74, 6) is -0.000666. The largest absolute Gasteiger partial charge is 0.282 e. The van der Waals surface area contributed by atoms with Crippen LogP contribution in [0.3, 0.4) is 0 Å². The predicted molar refractivity (Wildman–Crippen MR) is 89.5 cm³/mol. The van der Waals surface area contributed by atoms with E-state index in [-0.39, 0.29) is 5.75 Å². The number of benzene rings is 1. The topological polar surface area (TPSA) is 59.1 Å². The van der Waals surface area contributed by atoms with Crippen molar-refractivity contribution >= 4 is 49.9 Å². The molecule has 0 aliphatic rings. The number of sulfonamides is 1. The summed E-state index contributed by atoms with van der Waals surface area (Å²) >= 11 is 8.13. The van der Waals surface area contributed by atoms with Gasteiger partial charge in [0.05, 0.1) is 16.5 Å². The van der Waals surface area contributed by atoms with Crippen molar-refractivity contribution in [3.63, 3.8) is 0 Å². The molecular formula is C13H12ClIN2O2S. The maximum Gasteiger partial charge on any atom is 0.233 e. The lowest BCUT2D eigenvalue weighted by atomic mass is 10.2. The van der Waals surface area contributed by atoms with Gasteiger partial charge in [-0.05, 0) is 64.9 Å². The molecule has 7 heteroatoms. The third-order valence-corrected chi connectivity index (χ3v) is 4.86. The molecule has 20 heavy (non-hydrogen) atoms. The Hall–Kier alpha value is -0.860. The predicted octanol–water partition coefficient (Wildman–Crippen LogP) is 3.32. The van der Waals surface area contributed by atoms with Crippen LogP contribution in [0.25, 0.3) is 0 Å². The van der Waals surface area contributed by atoms with Crippen molar-refractivity contribution in [2.45, 2.75) is 6.42 Å². The van der Waals surface area contributed by atoms with Crippen molar-refractivity contribution in [2.24, 2.45) is 0 Å². The van der Waals surface area contributed by atoms with Gasteiger partial charge in [0, 0.05) is 16.0 Å². The molecule has 1 heterocycles. The van der Waals surface area contributed by atoms with E-state index in [4.69, 9.17) is 11.6 Å². The fourth-order valence-electron chi connectivity index (χ4n) is 1.59. The molecular weight excluding hydrogens is 411 g/mol. The van der Waals surface area contributed by atoms with Crippen molar-refractivity contribution in [3.8, 4) is 0 Å². The van der Waals surface area contributed by atoms with Crippen LogP contribution >= 0.6 is 34.2 Å². The second kappa shape index (κ2) is 6.73. The highest BCUT2D eigenvalue weighted by molar-refractivity contribution is 14.1. The van der Waals surface area contributed by atoms with Gasteiger partial charge in [0.2, 0.25) is 10.0 Å². The lowest BCUT2D eigenvalue weighted by Gasteiger charge is -2.09. The van der Waals surface area contributed by atoms with Crippen LogP contribution in [0, 0.1) is 3.57 Å². The van der Waals surface area contributed by atoms with Crippen molar-refractivity contribution in [1.29, 1.82) is 0 Å². The third-order valence-electron chi connectivity index (χ3n) is 2.61. The minimum atomic E-state index is -3.43. The fourth-order valence-corrected chi connectivity index (χ4v) is 3.67. The molecule has 0 spiro atoms. The molecule has 0 unspecified atom stereocenters. The van der Waals surface area contributed by atoms with Crippen LogP contribution in [0.2, 0.25) is 5.02 Å².